The van der Waals surface area contributed by atoms with Crippen LogP contribution in [0.5, 0.6) is 0 Å². The van der Waals surface area contributed by atoms with Crippen molar-refractivity contribution in [3.8, 4) is 0 Å². The number of nitrogens with one attached hydrogen (secondary N) is 2. The summed E-state index contributed by atoms with van der Waals surface area (Å²) in [6.07, 6.45) is 0. The van der Waals surface area contributed by atoms with Crippen LogP contribution in [-0.4, -0.2) is 49.4 Å². The van der Waals surface area contributed by atoms with Gasteiger partial charge in [-0.05, 0) is 18.2 Å². The number of hydrogen-bond acceptors (Lipinski definition) is 2. The van der Waals surface area contributed by atoms with Gasteiger partial charge in [-0.15, -0.1) is 0 Å². The van der Waals surface area contributed by atoms with Crippen LogP contribution in [0.4, 0.5) is 0 Å². The first-order valence-corrected chi connectivity index (χ1v) is 9.18. The second kappa shape index (κ2) is 8.83. The molecule has 3 rings (SSSR count). The molecular formula is C20H23ClN3O2+. The number of halogens is 1. The maximum atomic E-state index is 12.3. The third kappa shape index (κ3) is 5.07. The lowest BCUT2D eigenvalue weighted by Gasteiger charge is -2.32. The summed E-state index contributed by atoms with van der Waals surface area (Å²) in [6, 6.07) is 17.1. The molecule has 0 aliphatic carbocycles. The maximum absolute atomic E-state index is 12.3. The van der Waals surface area contributed by atoms with E-state index in [0.29, 0.717) is 23.7 Å². The number of amides is 2. The van der Waals surface area contributed by atoms with E-state index in [1.165, 1.54) is 10.5 Å². The van der Waals surface area contributed by atoms with Gasteiger partial charge in [0.15, 0.2) is 0 Å². The van der Waals surface area contributed by atoms with Gasteiger partial charge in [0.1, 0.15) is 6.54 Å². The lowest BCUT2D eigenvalue weighted by atomic mass is 10.2. The molecule has 2 amide bonds. The van der Waals surface area contributed by atoms with Crippen molar-refractivity contribution in [3.63, 3.8) is 0 Å². The van der Waals surface area contributed by atoms with E-state index in [1.807, 2.05) is 11.0 Å². The van der Waals surface area contributed by atoms with Gasteiger partial charge in [-0.2, -0.15) is 0 Å². The molecule has 0 atom stereocenters. The van der Waals surface area contributed by atoms with E-state index in [9.17, 15) is 9.59 Å². The Balaban J connectivity index is 1.43. The SMILES string of the molecule is O=C(NCC(=O)N1CC[NH+](Cc2ccccc2)CC1)c1cccc(Cl)c1. The molecule has 2 aromatic carbocycles. The zero-order valence-corrected chi connectivity index (χ0v) is 15.3. The zero-order chi connectivity index (χ0) is 18.4. The summed E-state index contributed by atoms with van der Waals surface area (Å²) in [4.78, 5) is 27.7. The third-order valence-electron chi connectivity index (χ3n) is 4.61. The Morgan fingerprint density at radius 2 is 1.77 bits per heavy atom. The molecule has 0 unspecified atom stereocenters. The highest BCUT2D eigenvalue weighted by molar-refractivity contribution is 6.30. The van der Waals surface area contributed by atoms with E-state index in [-0.39, 0.29) is 18.4 Å². The van der Waals surface area contributed by atoms with Crippen LogP contribution in [0.1, 0.15) is 15.9 Å². The molecule has 1 heterocycles. The zero-order valence-electron chi connectivity index (χ0n) is 14.6. The Bertz CT molecular complexity index is 759. The molecule has 0 saturated carbocycles. The van der Waals surface area contributed by atoms with E-state index in [2.05, 4.69) is 29.6 Å². The first-order chi connectivity index (χ1) is 12.6. The highest BCUT2D eigenvalue weighted by Gasteiger charge is 2.23. The summed E-state index contributed by atoms with van der Waals surface area (Å²) in [7, 11) is 0. The van der Waals surface area contributed by atoms with E-state index in [4.69, 9.17) is 11.6 Å². The minimum absolute atomic E-state index is 0.0133. The number of piperazine rings is 1. The van der Waals surface area contributed by atoms with Gasteiger partial charge in [0.25, 0.3) is 5.91 Å². The lowest BCUT2D eigenvalue weighted by Crippen LogP contribution is -3.13. The fourth-order valence-corrected chi connectivity index (χ4v) is 3.32. The number of benzene rings is 2. The highest BCUT2D eigenvalue weighted by atomic mass is 35.5. The number of carbonyl (C=O) groups is 2. The van der Waals surface area contributed by atoms with E-state index < -0.39 is 0 Å². The van der Waals surface area contributed by atoms with Gasteiger partial charge >= 0.3 is 0 Å². The van der Waals surface area contributed by atoms with Crippen molar-refractivity contribution in [2.24, 2.45) is 0 Å². The first-order valence-electron chi connectivity index (χ1n) is 8.81. The van der Waals surface area contributed by atoms with Crippen LogP contribution < -0.4 is 10.2 Å². The van der Waals surface area contributed by atoms with Crippen molar-refractivity contribution in [1.82, 2.24) is 10.2 Å². The van der Waals surface area contributed by atoms with Gasteiger partial charge in [0, 0.05) is 16.1 Å². The minimum Gasteiger partial charge on any atom is -0.343 e. The van der Waals surface area contributed by atoms with Crippen LogP contribution in [0.3, 0.4) is 0 Å². The topological polar surface area (TPSA) is 53.9 Å². The molecular weight excluding hydrogens is 350 g/mol. The molecule has 136 valence electrons. The Morgan fingerprint density at radius 3 is 2.46 bits per heavy atom. The number of carbonyl (C=O) groups excluding carboxylic acids is 2. The molecule has 0 radical (unpaired) electrons. The highest BCUT2D eigenvalue weighted by Crippen LogP contribution is 2.10. The van der Waals surface area contributed by atoms with E-state index in [1.54, 1.807) is 24.3 Å². The van der Waals surface area contributed by atoms with Gasteiger partial charge < -0.3 is 15.1 Å². The summed E-state index contributed by atoms with van der Waals surface area (Å²) in [5.74, 6) is -0.326. The molecule has 1 aliphatic rings. The average Bonchev–Trinajstić information content (AvgIpc) is 2.67. The summed E-state index contributed by atoms with van der Waals surface area (Å²) < 4.78 is 0. The second-order valence-corrected chi connectivity index (χ2v) is 6.92. The van der Waals surface area contributed by atoms with Crippen LogP contribution in [0.2, 0.25) is 5.02 Å². The molecule has 0 aromatic heterocycles. The quantitative estimate of drug-likeness (QED) is 0.822. The van der Waals surface area contributed by atoms with E-state index in [0.717, 1.165) is 19.6 Å². The second-order valence-electron chi connectivity index (χ2n) is 6.49. The molecule has 26 heavy (non-hydrogen) atoms. The van der Waals surface area contributed by atoms with Crippen molar-refractivity contribution in [1.29, 1.82) is 0 Å². The molecule has 1 saturated heterocycles. The molecule has 0 spiro atoms. The molecule has 1 aliphatic heterocycles. The molecule has 0 bridgehead atoms. The molecule has 6 heteroatoms. The first kappa shape index (κ1) is 18.4. The van der Waals surface area contributed by atoms with Crippen molar-refractivity contribution < 1.29 is 14.5 Å². The van der Waals surface area contributed by atoms with E-state index >= 15 is 0 Å². The summed E-state index contributed by atoms with van der Waals surface area (Å²) in [6.45, 7) is 4.27. The lowest BCUT2D eigenvalue weighted by molar-refractivity contribution is -0.917. The summed E-state index contributed by atoms with van der Waals surface area (Å²) in [5.41, 5.74) is 1.78. The molecule has 1 fully saturated rings. The number of hydrogen-bond donors (Lipinski definition) is 2. The fraction of sp³-hybridized carbons (Fsp3) is 0.300. The van der Waals surface area contributed by atoms with Crippen molar-refractivity contribution >= 4 is 23.4 Å². The minimum atomic E-state index is -0.283. The smallest absolute Gasteiger partial charge is 0.251 e. The van der Waals surface area contributed by atoms with Crippen LogP contribution in [-0.2, 0) is 11.3 Å². The molecule has 5 nitrogen and oxygen atoms in total. The Morgan fingerprint density at radius 1 is 1.04 bits per heavy atom. The van der Waals surface area contributed by atoms with Gasteiger partial charge in [0.05, 0.1) is 32.7 Å². The monoisotopic (exact) mass is 372 g/mol. The van der Waals surface area contributed by atoms with Crippen LogP contribution in [0.15, 0.2) is 54.6 Å². The Kier molecular flexibility index (Phi) is 6.26. The predicted octanol–water partition coefficient (Wildman–Crippen LogP) is 0.997. The normalized spacial score (nSPS) is 14.9. The largest absolute Gasteiger partial charge is 0.343 e. The van der Waals surface area contributed by atoms with Crippen LogP contribution in [0.25, 0.3) is 0 Å². The summed E-state index contributed by atoms with van der Waals surface area (Å²) >= 11 is 5.89. The van der Waals surface area contributed by atoms with Gasteiger partial charge in [0.2, 0.25) is 5.91 Å². The molecule has 2 N–H and O–H groups in total. The Labute approximate surface area is 158 Å². The third-order valence-corrected chi connectivity index (χ3v) is 4.84. The van der Waals surface area contributed by atoms with Gasteiger partial charge in [-0.1, -0.05) is 48.0 Å². The van der Waals surface area contributed by atoms with Crippen molar-refractivity contribution in [2.75, 3.05) is 32.7 Å². The van der Waals surface area contributed by atoms with Crippen LogP contribution >= 0.6 is 11.6 Å². The van der Waals surface area contributed by atoms with Gasteiger partial charge in [-0.25, -0.2) is 0 Å². The fourth-order valence-electron chi connectivity index (χ4n) is 3.13. The number of nitrogens with zero attached hydrogens (tertiary/aromatic N) is 1. The number of rotatable bonds is 5. The van der Waals surface area contributed by atoms with Crippen molar-refractivity contribution in [3.05, 3.63) is 70.7 Å². The van der Waals surface area contributed by atoms with Crippen molar-refractivity contribution in [2.45, 2.75) is 6.54 Å². The summed E-state index contributed by atoms with van der Waals surface area (Å²) in [5, 5.41) is 3.18. The predicted molar refractivity (Wildman–Crippen MR) is 101 cm³/mol. The average molecular weight is 373 g/mol. The van der Waals surface area contributed by atoms with Gasteiger partial charge in [-0.3, -0.25) is 9.59 Å². The standard InChI is InChI=1S/C20H22ClN3O2/c21-18-8-4-7-17(13-18)20(26)22-14-19(25)24-11-9-23(10-12-24)15-16-5-2-1-3-6-16/h1-8,13H,9-12,14-15H2,(H,22,26)/p+1. The molecule has 2 aromatic rings. The number of quaternary nitrogens is 1. The Hall–Kier alpha value is -2.37. The maximum Gasteiger partial charge on any atom is 0.251 e. The van der Waals surface area contributed by atoms with Crippen LogP contribution in [0, 0.1) is 0 Å².